The Balaban J connectivity index is 1.82. The lowest BCUT2D eigenvalue weighted by molar-refractivity contribution is -0.133. The van der Waals surface area contributed by atoms with E-state index in [4.69, 9.17) is 0 Å². The first-order valence-electron chi connectivity index (χ1n) is 8.19. The van der Waals surface area contributed by atoms with Crippen molar-refractivity contribution in [3.05, 3.63) is 35.4 Å². The van der Waals surface area contributed by atoms with Gasteiger partial charge in [0.25, 0.3) is 0 Å². The Labute approximate surface area is 128 Å². The molecule has 1 saturated heterocycles. The van der Waals surface area contributed by atoms with E-state index in [0.717, 1.165) is 39.1 Å². The molecule has 0 bridgehead atoms. The topological polar surface area (TPSA) is 23.6 Å². The fourth-order valence-corrected chi connectivity index (χ4v) is 2.79. The smallest absolute Gasteiger partial charge is 0.222 e. The van der Waals surface area contributed by atoms with Crippen molar-refractivity contribution in [1.82, 2.24) is 9.80 Å². The third-order valence-corrected chi connectivity index (χ3v) is 4.24. The first-order chi connectivity index (χ1) is 10.1. The lowest BCUT2D eigenvalue weighted by atomic mass is 10.0. The number of benzene rings is 1. The Hall–Kier alpha value is -1.35. The Morgan fingerprint density at radius 1 is 1.10 bits per heavy atom. The fourth-order valence-electron chi connectivity index (χ4n) is 2.79. The van der Waals surface area contributed by atoms with E-state index in [-0.39, 0.29) is 0 Å². The molecule has 0 N–H and O–H groups in total. The van der Waals surface area contributed by atoms with E-state index in [2.05, 4.69) is 49.9 Å². The summed E-state index contributed by atoms with van der Waals surface area (Å²) >= 11 is 0. The summed E-state index contributed by atoms with van der Waals surface area (Å²) in [4.78, 5) is 16.3. The van der Waals surface area contributed by atoms with E-state index in [9.17, 15) is 4.79 Å². The van der Waals surface area contributed by atoms with Crippen molar-refractivity contribution in [1.29, 1.82) is 0 Å². The van der Waals surface area contributed by atoms with Crippen LogP contribution in [0, 0.1) is 0 Å². The molecule has 1 aromatic rings. The standard InChI is InChI=1S/C18H28N2O/c1-4-5-18(21)20-12-10-19(11-13-20)14-16-6-8-17(9-7-16)15(2)3/h6-9,15H,4-5,10-14H2,1-3H3. The molecule has 0 spiro atoms. The van der Waals surface area contributed by atoms with Crippen LogP contribution in [0.4, 0.5) is 0 Å². The molecule has 1 aromatic carbocycles. The van der Waals surface area contributed by atoms with Crippen molar-refractivity contribution in [2.75, 3.05) is 26.2 Å². The zero-order valence-electron chi connectivity index (χ0n) is 13.6. The first-order valence-corrected chi connectivity index (χ1v) is 8.19. The van der Waals surface area contributed by atoms with Crippen molar-refractivity contribution < 1.29 is 4.79 Å². The highest BCUT2D eigenvalue weighted by Crippen LogP contribution is 2.16. The van der Waals surface area contributed by atoms with Crippen molar-refractivity contribution in [3.8, 4) is 0 Å². The second-order valence-electron chi connectivity index (χ2n) is 6.30. The summed E-state index contributed by atoms with van der Waals surface area (Å²) in [7, 11) is 0. The van der Waals surface area contributed by atoms with Crippen molar-refractivity contribution in [3.63, 3.8) is 0 Å². The molecule has 1 amide bonds. The lowest BCUT2D eigenvalue weighted by Gasteiger charge is -2.34. The number of carbonyl (C=O) groups excluding carboxylic acids is 1. The zero-order chi connectivity index (χ0) is 15.2. The summed E-state index contributed by atoms with van der Waals surface area (Å²) in [5.41, 5.74) is 2.77. The number of hydrogen-bond acceptors (Lipinski definition) is 2. The van der Waals surface area contributed by atoms with Crippen molar-refractivity contribution in [2.24, 2.45) is 0 Å². The van der Waals surface area contributed by atoms with Crippen molar-refractivity contribution in [2.45, 2.75) is 46.1 Å². The van der Waals surface area contributed by atoms with Gasteiger partial charge in [-0.15, -0.1) is 0 Å². The number of carbonyl (C=O) groups is 1. The third-order valence-electron chi connectivity index (χ3n) is 4.24. The summed E-state index contributed by atoms with van der Waals surface area (Å²) in [5, 5.41) is 0. The van der Waals surface area contributed by atoms with Crippen LogP contribution in [0.5, 0.6) is 0 Å². The molecule has 1 heterocycles. The third kappa shape index (κ3) is 4.57. The van der Waals surface area contributed by atoms with Crippen LogP contribution in [0.2, 0.25) is 0 Å². The molecule has 3 heteroatoms. The van der Waals surface area contributed by atoms with E-state index >= 15 is 0 Å². The summed E-state index contributed by atoms with van der Waals surface area (Å²) in [5.74, 6) is 0.908. The lowest BCUT2D eigenvalue weighted by Crippen LogP contribution is -2.48. The molecule has 0 aromatic heterocycles. The largest absolute Gasteiger partial charge is 0.340 e. The number of rotatable bonds is 5. The van der Waals surface area contributed by atoms with E-state index in [1.54, 1.807) is 0 Å². The van der Waals surface area contributed by atoms with Crippen LogP contribution < -0.4 is 0 Å². The van der Waals surface area contributed by atoms with E-state index < -0.39 is 0 Å². The molecule has 0 unspecified atom stereocenters. The van der Waals surface area contributed by atoms with Gasteiger partial charge >= 0.3 is 0 Å². The summed E-state index contributed by atoms with van der Waals surface area (Å²) in [6.45, 7) is 11.2. The summed E-state index contributed by atoms with van der Waals surface area (Å²) in [6.07, 6.45) is 1.64. The van der Waals surface area contributed by atoms with Crippen LogP contribution in [0.1, 0.15) is 50.7 Å². The van der Waals surface area contributed by atoms with Crippen LogP contribution in [0.15, 0.2) is 24.3 Å². The van der Waals surface area contributed by atoms with E-state index in [1.165, 1.54) is 11.1 Å². The second kappa shape index (κ2) is 7.60. The second-order valence-corrected chi connectivity index (χ2v) is 6.30. The molecule has 1 aliphatic rings. The molecule has 2 rings (SSSR count). The highest BCUT2D eigenvalue weighted by Gasteiger charge is 2.20. The van der Waals surface area contributed by atoms with Crippen LogP contribution in [0.25, 0.3) is 0 Å². The number of nitrogens with zero attached hydrogens (tertiary/aromatic N) is 2. The quantitative estimate of drug-likeness (QED) is 0.830. The Kier molecular flexibility index (Phi) is 5.80. The molecule has 21 heavy (non-hydrogen) atoms. The first kappa shape index (κ1) is 16.0. The van der Waals surface area contributed by atoms with E-state index in [0.29, 0.717) is 18.2 Å². The number of amides is 1. The van der Waals surface area contributed by atoms with Gasteiger partial charge in [0.05, 0.1) is 0 Å². The summed E-state index contributed by atoms with van der Waals surface area (Å²) in [6, 6.07) is 8.95. The minimum Gasteiger partial charge on any atom is -0.340 e. The number of piperazine rings is 1. The van der Waals surface area contributed by atoms with Crippen LogP contribution >= 0.6 is 0 Å². The average Bonchev–Trinajstić information content (AvgIpc) is 2.49. The molecule has 116 valence electrons. The van der Waals surface area contributed by atoms with Gasteiger partial charge in [-0.05, 0) is 23.5 Å². The molecular weight excluding hydrogens is 260 g/mol. The van der Waals surface area contributed by atoms with Gasteiger partial charge in [-0.1, -0.05) is 45.0 Å². The Bertz CT molecular complexity index is 445. The molecule has 0 atom stereocenters. The van der Waals surface area contributed by atoms with Crippen LogP contribution in [0.3, 0.4) is 0 Å². The zero-order valence-corrected chi connectivity index (χ0v) is 13.6. The maximum Gasteiger partial charge on any atom is 0.222 e. The minimum absolute atomic E-state index is 0.318. The fraction of sp³-hybridized carbons (Fsp3) is 0.611. The van der Waals surface area contributed by atoms with Crippen molar-refractivity contribution >= 4 is 5.91 Å². The predicted octanol–water partition coefficient (Wildman–Crippen LogP) is 3.25. The Morgan fingerprint density at radius 2 is 1.71 bits per heavy atom. The predicted molar refractivity (Wildman–Crippen MR) is 87.3 cm³/mol. The van der Waals surface area contributed by atoms with Gasteiger partial charge in [0, 0.05) is 39.1 Å². The van der Waals surface area contributed by atoms with Crippen LogP contribution in [-0.4, -0.2) is 41.9 Å². The van der Waals surface area contributed by atoms with Gasteiger partial charge in [-0.3, -0.25) is 9.69 Å². The molecule has 1 aliphatic heterocycles. The maximum atomic E-state index is 11.9. The SMILES string of the molecule is CCCC(=O)N1CCN(Cc2ccc(C(C)C)cc2)CC1. The van der Waals surface area contributed by atoms with Gasteiger partial charge in [0.15, 0.2) is 0 Å². The normalized spacial score (nSPS) is 16.5. The van der Waals surface area contributed by atoms with Gasteiger partial charge in [-0.2, -0.15) is 0 Å². The maximum absolute atomic E-state index is 11.9. The summed E-state index contributed by atoms with van der Waals surface area (Å²) < 4.78 is 0. The molecule has 0 radical (unpaired) electrons. The van der Waals surface area contributed by atoms with E-state index in [1.807, 2.05) is 4.90 Å². The highest BCUT2D eigenvalue weighted by atomic mass is 16.2. The van der Waals surface area contributed by atoms with Crippen LogP contribution in [-0.2, 0) is 11.3 Å². The number of hydrogen-bond donors (Lipinski definition) is 0. The Morgan fingerprint density at radius 3 is 2.24 bits per heavy atom. The van der Waals surface area contributed by atoms with Gasteiger partial charge < -0.3 is 4.90 Å². The monoisotopic (exact) mass is 288 g/mol. The molecule has 3 nitrogen and oxygen atoms in total. The molecule has 0 saturated carbocycles. The van der Waals surface area contributed by atoms with Gasteiger partial charge in [-0.25, -0.2) is 0 Å². The minimum atomic E-state index is 0.318. The molecular formula is C18H28N2O. The molecule has 1 fully saturated rings. The van der Waals surface area contributed by atoms with Gasteiger partial charge in [0.2, 0.25) is 5.91 Å². The average molecular weight is 288 g/mol. The van der Waals surface area contributed by atoms with Gasteiger partial charge in [0.1, 0.15) is 0 Å². The highest BCUT2D eigenvalue weighted by molar-refractivity contribution is 5.76. The molecule has 0 aliphatic carbocycles.